The lowest BCUT2D eigenvalue weighted by Gasteiger charge is -2.39. The number of likely N-dealkylation sites (N-methyl/N-ethyl adjacent to an activating group) is 1. The summed E-state index contributed by atoms with van der Waals surface area (Å²) in [6, 6.07) is 17.9. The fourth-order valence-corrected chi connectivity index (χ4v) is 2.79. The van der Waals surface area contributed by atoms with Crippen LogP contribution in [0.3, 0.4) is 0 Å². The molecule has 1 N–H and O–H groups in total. The molecular formula is C18H22ClN3O. The number of nitrogens with one attached hydrogen (secondary N) is 1. The zero-order valence-corrected chi connectivity index (χ0v) is 14.2. The second-order valence-electron chi connectivity index (χ2n) is 5.80. The standard InChI is InChI=1S/C18H21N3O.ClH/c1-20(2)12-13-21-16-11-7-6-10-15(16)18(22)19-17(21)14-8-4-3-5-9-14;/h3-11,17H,12-13H2,1-2H3,(H,19,22);1H. The maximum absolute atomic E-state index is 12.4. The van der Waals surface area contributed by atoms with Crippen LogP contribution in [0.25, 0.3) is 0 Å². The molecule has 0 saturated heterocycles. The SMILES string of the molecule is CN(C)CCN1c2ccccc2C(=O)NC1c1ccccc1.Cl. The third-order valence-corrected chi connectivity index (χ3v) is 3.94. The van der Waals surface area contributed by atoms with E-state index in [1.54, 1.807) is 0 Å². The van der Waals surface area contributed by atoms with Gasteiger partial charge in [0.2, 0.25) is 0 Å². The molecule has 4 nitrogen and oxygen atoms in total. The van der Waals surface area contributed by atoms with Crippen LogP contribution in [0, 0.1) is 0 Å². The fourth-order valence-electron chi connectivity index (χ4n) is 2.79. The molecule has 1 atom stereocenters. The van der Waals surface area contributed by atoms with E-state index >= 15 is 0 Å². The largest absolute Gasteiger partial charge is 0.345 e. The smallest absolute Gasteiger partial charge is 0.255 e. The summed E-state index contributed by atoms with van der Waals surface area (Å²) in [6.45, 7) is 1.78. The van der Waals surface area contributed by atoms with Crippen molar-refractivity contribution in [1.29, 1.82) is 0 Å². The number of anilines is 1. The van der Waals surface area contributed by atoms with E-state index in [9.17, 15) is 4.79 Å². The van der Waals surface area contributed by atoms with Gasteiger partial charge >= 0.3 is 0 Å². The molecule has 2 aromatic carbocycles. The second-order valence-corrected chi connectivity index (χ2v) is 5.80. The highest BCUT2D eigenvalue weighted by Gasteiger charge is 2.31. The van der Waals surface area contributed by atoms with Gasteiger partial charge in [0, 0.05) is 13.1 Å². The normalized spacial score (nSPS) is 16.6. The maximum Gasteiger partial charge on any atom is 0.255 e. The van der Waals surface area contributed by atoms with Gasteiger partial charge in [0.05, 0.1) is 11.3 Å². The first-order chi connectivity index (χ1) is 10.7. The van der Waals surface area contributed by atoms with Crippen LogP contribution in [0.1, 0.15) is 22.1 Å². The molecule has 0 aliphatic carbocycles. The molecule has 1 aliphatic heterocycles. The Morgan fingerprint density at radius 3 is 2.39 bits per heavy atom. The molecule has 3 rings (SSSR count). The Balaban J connectivity index is 0.00000192. The lowest BCUT2D eigenvalue weighted by Crippen LogP contribution is -2.48. The Morgan fingerprint density at radius 1 is 1.04 bits per heavy atom. The quantitative estimate of drug-likeness (QED) is 0.935. The van der Waals surface area contributed by atoms with Crippen LogP contribution >= 0.6 is 12.4 Å². The van der Waals surface area contributed by atoms with Crippen LogP contribution in [0.2, 0.25) is 0 Å². The summed E-state index contributed by atoms with van der Waals surface area (Å²) in [5, 5.41) is 3.13. The first-order valence-electron chi connectivity index (χ1n) is 7.53. The number of fused-ring (bicyclic) bond motifs is 1. The third-order valence-electron chi connectivity index (χ3n) is 3.94. The molecule has 1 heterocycles. The minimum atomic E-state index is -0.122. The second kappa shape index (κ2) is 7.49. The maximum atomic E-state index is 12.4. The summed E-state index contributed by atoms with van der Waals surface area (Å²) in [7, 11) is 4.12. The molecule has 0 fully saturated rings. The van der Waals surface area contributed by atoms with Gasteiger partial charge in [-0.25, -0.2) is 0 Å². The van der Waals surface area contributed by atoms with Crippen molar-refractivity contribution in [1.82, 2.24) is 10.2 Å². The Kier molecular flexibility index (Phi) is 5.64. The predicted octanol–water partition coefficient (Wildman–Crippen LogP) is 2.92. The zero-order valence-electron chi connectivity index (χ0n) is 13.4. The number of para-hydroxylation sites is 1. The molecule has 2 aromatic rings. The molecule has 23 heavy (non-hydrogen) atoms. The molecular weight excluding hydrogens is 310 g/mol. The van der Waals surface area contributed by atoms with Crippen LogP contribution in [-0.2, 0) is 0 Å². The topological polar surface area (TPSA) is 35.6 Å². The van der Waals surface area contributed by atoms with Crippen LogP contribution in [0.15, 0.2) is 54.6 Å². The highest BCUT2D eigenvalue weighted by atomic mass is 35.5. The van der Waals surface area contributed by atoms with Crippen molar-refractivity contribution in [2.24, 2.45) is 0 Å². The lowest BCUT2D eigenvalue weighted by molar-refractivity contribution is 0.0926. The summed E-state index contributed by atoms with van der Waals surface area (Å²) >= 11 is 0. The van der Waals surface area contributed by atoms with Gasteiger partial charge in [-0.2, -0.15) is 0 Å². The summed E-state index contributed by atoms with van der Waals surface area (Å²) < 4.78 is 0. The molecule has 0 bridgehead atoms. The van der Waals surface area contributed by atoms with Gasteiger partial charge in [0.25, 0.3) is 5.91 Å². The van der Waals surface area contributed by atoms with Gasteiger partial charge < -0.3 is 15.1 Å². The summed E-state index contributed by atoms with van der Waals surface area (Å²) in [5.41, 5.74) is 2.85. The Labute approximate surface area is 143 Å². The molecule has 122 valence electrons. The van der Waals surface area contributed by atoms with Crippen LogP contribution in [0.4, 0.5) is 5.69 Å². The van der Waals surface area contributed by atoms with Crippen LogP contribution in [0.5, 0.6) is 0 Å². The zero-order chi connectivity index (χ0) is 15.5. The van der Waals surface area contributed by atoms with E-state index in [0.717, 1.165) is 29.9 Å². The monoisotopic (exact) mass is 331 g/mol. The van der Waals surface area contributed by atoms with Gasteiger partial charge in [-0.1, -0.05) is 42.5 Å². The van der Waals surface area contributed by atoms with Crippen molar-refractivity contribution in [3.63, 3.8) is 0 Å². The van der Waals surface area contributed by atoms with E-state index in [1.807, 2.05) is 42.5 Å². The number of carbonyl (C=O) groups excluding carboxylic acids is 1. The van der Waals surface area contributed by atoms with Crippen LogP contribution in [-0.4, -0.2) is 38.0 Å². The Morgan fingerprint density at radius 2 is 1.70 bits per heavy atom. The van der Waals surface area contributed by atoms with Gasteiger partial charge in [0.1, 0.15) is 6.17 Å². The minimum Gasteiger partial charge on any atom is -0.345 e. The number of amides is 1. The molecule has 0 spiro atoms. The summed E-state index contributed by atoms with van der Waals surface area (Å²) in [6.07, 6.45) is -0.122. The molecule has 0 radical (unpaired) electrons. The van der Waals surface area contributed by atoms with Crippen molar-refractivity contribution < 1.29 is 4.79 Å². The highest BCUT2D eigenvalue weighted by Crippen LogP contribution is 2.32. The molecule has 0 aromatic heterocycles. The van der Waals surface area contributed by atoms with E-state index in [4.69, 9.17) is 0 Å². The first-order valence-corrected chi connectivity index (χ1v) is 7.53. The number of hydrogen-bond acceptors (Lipinski definition) is 3. The van der Waals surface area contributed by atoms with Crippen molar-refractivity contribution >= 4 is 24.0 Å². The summed E-state index contributed by atoms with van der Waals surface area (Å²) in [4.78, 5) is 16.8. The number of carbonyl (C=O) groups is 1. The average Bonchev–Trinajstić information content (AvgIpc) is 2.54. The molecule has 1 aliphatic rings. The summed E-state index contributed by atoms with van der Waals surface area (Å²) in [5.74, 6) is -0.00874. The molecule has 1 unspecified atom stereocenters. The van der Waals surface area contributed by atoms with Crippen molar-refractivity contribution in [2.75, 3.05) is 32.1 Å². The van der Waals surface area contributed by atoms with E-state index in [2.05, 4.69) is 41.3 Å². The van der Waals surface area contributed by atoms with Gasteiger partial charge in [-0.05, 0) is 31.8 Å². The van der Waals surface area contributed by atoms with Crippen molar-refractivity contribution in [3.05, 3.63) is 65.7 Å². The van der Waals surface area contributed by atoms with Gasteiger partial charge in [-0.3, -0.25) is 4.79 Å². The van der Waals surface area contributed by atoms with E-state index in [0.29, 0.717) is 0 Å². The lowest BCUT2D eigenvalue weighted by atomic mass is 10.0. The minimum absolute atomic E-state index is 0. The first kappa shape index (κ1) is 17.3. The van der Waals surface area contributed by atoms with Crippen molar-refractivity contribution in [2.45, 2.75) is 6.17 Å². The van der Waals surface area contributed by atoms with E-state index in [1.165, 1.54) is 0 Å². The number of benzene rings is 2. The Bertz CT molecular complexity index is 660. The molecule has 1 amide bonds. The predicted molar refractivity (Wildman–Crippen MR) is 96.2 cm³/mol. The average molecular weight is 332 g/mol. The third kappa shape index (κ3) is 3.66. The molecule has 0 saturated carbocycles. The number of nitrogens with zero attached hydrogens (tertiary/aromatic N) is 2. The number of hydrogen-bond donors (Lipinski definition) is 1. The van der Waals surface area contributed by atoms with Crippen molar-refractivity contribution in [3.8, 4) is 0 Å². The Hall–Kier alpha value is -2.04. The number of halogens is 1. The van der Waals surface area contributed by atoms with Gasteiger partial charge in [0.15, 0.2) is 0 Å². The molecule has 5 heteroatoms. The van der Waals surface area contributed by atoms with E-state index < -0.39 is 0 Å². The fraction of sp³-hybridized carbons (Fsp3) is 0.278. The highest BCUT2D eigenvalue weighted by molar-refractivity contribution is 6.02. The number of rotatable bonds is 4. The van der Waals surface area contributed by atoms with E-state index in [-0.39, 0.29) is 24.5 Å². The van der Waals surface area contributed by atoms with Gasteiger partial charge in [-0.15, -0.1) is 12.4 Å². The van der Waals surface area contributed by atoms with Crippen LogP contribution < -0.4 is 10.2 Å².